The van der Waals surface area contributed by atoms with Gasteiger partial charge in [-0.1, -0.05) is 0 Å². The van der Waals surface area contributed by atoms with Gasteiger partial charge in [-0.2, -0.15) is 0 Å². The zero-order chi connectivity index (χ0) is 15.2. The summed E-state index contributed by atoms with van der Waals surface area (Å²) in [4.78, 5) is 29.7. The van der Waals surface area contributed by atoms with Crippen LogP contribution in [0.15, 0.2) is 18.3 Å². The molecule has 2 heterocycles. The molecule has 0 unspecified atom stereocenters. The molecule has 1 atom stereocenters. The minimum absolute atomic E-state index is 0.0228. The van der Waals surface area contributed by atoms with E-state index in [9.17, 15) is 9.59 Å². The Labute approximate surface area is 123 Å². The number of aromatic nitrogens is 1. The molecule has 1 aromatic heterocycles. The number of hydrogen-bond acceptors (Lipinski definition) is 5. The molecule has 1 aliphatic heterocycles. The van der Waals surface area contributed by atoms with Crippen molar-refractivity contribution < 1.29 is 19.1 Å². The third-order valence-electron chi connectivity index (χ3n) is 3.37. The van der Waals surface area contributed by atoms with Crippen LogP contribution in [0.1, 0.15) is 6.42 Å². The first-order valence-corrected chi connectivity index (χ1v) is 6.72. The van der Waals surface area contributed by atoms with Gasteiger partial charge in [-0.3, -0.25) is 9.59 Å². The SMILES string of the molecule is COCCN1C[C@H](C(=O)Nc2cccnc2OC)CC1=O. The summed E-state index contributed by atoms with van der Waals surface area (Å²) in [7, 11) is 3.07. The molecule has 0 spiro atoms. The molecule has 1 N–H and O–H groups in total. The molecule has 21 heavy (non-hydrogen) atoms. The summed E-state index contributed by atoms with van der Waals surface area (Å²) < 4.78 is 10.0. The van der Waals surface area contributed by atoms with E-state index in [4.69, 9.17) is 9.47 Å². The Morgan fingerprint density at radius 3 is 3.05 bits per heavy atom. The minimum atomic E-state index is -0.362. The number of ether oxygens (including phenoxy) is 2. The van der Waals surface area contributed by atoms with Gasteiger partial charge in [0.15, 0.2) is 0 Å². The van der Waals surface area contributed by atoms with E-state index in [1.54, 1.807) is 30.3 Å². The Balaban J connectivity index is 1.97. The number of amides is 2. The van der Waals surface area contributed by atoms with E-state index < -0.39 is 0 Å². The smallest absolute Gasteiger partial charge is 0.237 e. The normalized spacial score (nSPS) is 17.9. The highest BCUT2D eigenvalue weighted by Crippen LogP contribution is 2.23. The van der Waals surface area contributed by atoms with Gasteiger partial charge in [-0.25, -0.2) is 4.98 Å². The second-order valence-electron chi connectivity index (χ2n) is 4.78. The van der Waals surface area contributed by atoms with E-state index in [1.807, 2.05) is 0 Å². The van der Waals surface area contributed by atoms with Crippen molar-refractivity contribution in [3.63, 3.8) is 0 Å². The standard InChI is InChI=1S/C14H19N3O4/c1-20-7-6-17-9-10(8-12(17)18)13(19)16-11-4-3-5-15-14(11)21-2/h3-5,10H,6-9H2,1-2H3,(H,16,19)/t10-/m1/s1. The zero-order valence-corrected chi connectivity index (χ0v) is 12.2. The van der Waals surface area contributed by atoms with Crippen molar-refractivity contribution in [2.45, 2.75) is 6.42 Å². The molecule has 0 aliphatic carbocycles. The molecule has 1 aliphatic rings. The van der Waals surface area contributed by atoms with E-state index in [0.717, 1.165) is 0 Å². The van der Waals surface area contributed by atoms with Crippen LogP contribution in [0.2, 0.25) is 0 Å². The van der Waals surface area contributed by atoms with Crippen LogP contribution in [0, 0.1) is 5.92 Å². The first kappa shape index (κ1) is 15.2. The van der Waals surface area contributed by atoms with Gasteiger partial charge in [0, 0.05) is 32.8 Å². The van der Waals surface area contributed by atoms with Crippen LogP contribution in [-0.4, -0.2) is 55.6 Å². The summed E-state index contributed by atoms with van der Waals surface area (Å²) in [6.07, 6.45) is 1.80. The maximum atomic E-state index is 12.2. The van der Waals surface area contributed by atoms with Crippen LogP contribution >= 0.6 is 0 Å². The topological polar surface area (TPSA) is 80.8 Å². The Hall–Kier alpha value is -2.15. The lowest BCUT2D eigenvalue weighted by Gasteiger charge is -2.16. The third kappa shape index (κ3) is 3.69. The largest absolute Gasteiger partial charge is 0.480 e. The maximum absolute atomic E-state index is 12.2. The van der Waals surface area contributed by atoms with E-state index in [2.05, 4.69) is 10.3 Å². The van der Waals surface area contributed by atoms with Crippen molar-refractivity contribution in [1.29, 1.82) is 0 Å². The van der Waals surface area contributed by atoms with E-state index in [1.165, 1.54) is 7.11 Å². The summed E-state index contributed by atoms with van der Waals surface area (Å²) in [5.74, 6) is -0.231. The van der Waals surface area contributed by atoms with E-state index >= 15 is 0 Å². The number of rotatable bonds is 6. The summed E-state index contributed by atoms with van der Waals surface area (Å²) in [5, 5.41) is 2.76. The number of anilines is 1. The highest BCUT2D eigenvalue weighted by molar-refractivity contribution is 5.97. The molecule has 1 fully saturated rings. The quantitative estimate of drug-likeness (QED) is 0.827. The molecule has 1 aromatic rings. The fourth-order valence-electron chi connectivity index (χ4n) is 2.25. The molecule has 114 valence electrons. The lowest BCUT2D eigenvalue weighted by atomic mass is 10.1. The molecule has 7 heteroatoms. The first-order valence-electron chi connectivity index (χ1n) is 6.72. The molecule has 0 saturated carbocycles. The van der Waals surface area contributed by atoms with Gasteiger partial charge in [0.1, 0.15) is 5.69 Å². The first-order chi connectivity index (χ1) is 10.2. The van der Waals surface area contributed by atoms with Crippen LogP contribution in [0.25, 0.3) is 0 Å². The maximum Gasteiger partial charge on any atom is 0.237 e. The second-order valence-corrected chi connectivity index (χ2v) is 4.78. The summed E-state index contributed by atoms with van der Waals surface area (Å²) in [6.45, 7) is 1.39. The number of carbonyl (C=O) groups excluding carboxylic acids is 2. The number of likely N-dealkylation sites (tertiary alicyclic amines) is 1. The summed E-state index contributed by atoms with van der Waals surface area (Å²) in [6, 6.07) is 3.42. The summed E-state index contributed by atoms with van der Waals surface area (Å²) in [5.41, 5.74) is 0.507. The van der Waals surface area contributed by atoms with Gasteiger partial charge in [0.2, 0.25) is 17.7 Å². The van der Waals surface area contributed by atoms with Crippen molar-refractivity contribution in [1.82, 2.24) is 9.88 Å². The lowest BCUT2D eigenvalue weighted by Crippen LogP contribution is -2.30. The van der Waals surface area contributed by atoms with Crippen molar-refractivity contribution in [3.8, 4) is 5.88 Å². The lowest BCUT2D eigenvalue weighted by molar-refractivity contribution is -0.128. The summed E-state index contributed by atoms with van der Waals surface area (Å²) >= 11 is 0. The fourth-order valence-corrected chi connectivity index (χ4v) is 2.25. The Bertz CT molecular complexity index is 521. The highest BCUT2D eigenvalue weighted by Gasteiger charge is 2.34. The van der Waals surface area contributed by atoms with Gasteiger partial charge >= 0.3 is 0 Å². The predicted octanol–water partition coefficient (Wildman–Crippen LogP) is 0.524. The van der Waals surface area contributed by atoms with Crippen molar-refractivity contribution in [3.05, 3.63) is 18.3 Å². The molecule has 0 aromatic carbocycles. The monoisotopic (exact) mass is 293 g/mol. The van der Waals surface area contributed by atoms with Gasteiger partial charge in [0.25, 0.3) is 0 Å². The van der Waals surface area contributed by atoms with Crippen molar-refractivity contribution in [2.75, 3.05) is 39.2 Å². The number of nitrogens with one attached hydrogen (secondary N) is 1. The fraction of sp³-hybridized carbons (Fsp3) is 0.500. The molecular formula is C14H19N3O4. The Morgan fingerprint density at radius 1 is 1.52 bits per heavy atom. The molecule has 2 amide bonds. The Kier molecular flexibility index (Phi) is 5.10. The number of nitrogens with zero attached hydrogens (tertiary/aromatic N) is 2. The van der Waals surface area contributed by atoms with Crippen LogP contribution in [0.5, 0.6) is 5.88 Å². The van der Waals surface area contributed by atoms with Crippen LogP contribution in [0.3, 0.4) is 0 Å². The van der Waals surface area contributed by atoms with Gasteiger partial charge < -0.3 is 19.7 Å². The minimum Gasteiger partial charge on any atom is -0.480 e. The van der Waals surface area contributed by atoms with E-state index in [-0.39, 0.29) is 24.2 Å². The van der Waals surface area contributed by atoms with Crippen LogP contribution in [-0.2, 0) is 14.3 Å². The van der Waals surface area contributed by atoms with Gasteiger partial charge in [-0.15, -0.1) is 0 Å². The number of methoxy groups -OCH3 is 2. The molecule has 0 radical (unpaired) electrons. The predicted molar refractivity (Wildman–Crippen MR) is 76.0 cm³/mol. The van der Waals surface area contributed by atoms with Crippen LogP contribution < -0.4 is 10.1 Å². The van der Waals surface area contributed by atoms with Crippen molar-refractivity contribution in [2.24, 2.45) is 5.92 Å². The second kappa shape index (κ2) is 7.03. The van der Waals surface area contributed by atoms with Crippen LogP contribution in [0.4, 0.5) is 5.69 Å². The number of carbonyl (C=O) groups is 2. The average Bonchev–Trinajstić information content (AvgIpc) is 2.87. The number of hydrogen-bond donors (Lipinski definition) is 1. The molecule has 2 rings (SSSR count). The Morgan fingerprint density at radius 2 is 2.33 bits per heavy atom. The van der Waals surface area contributed by atoms with E-state index in [0.29, 0.717) is 31.3 Å². The highest BCUT2D eigenvalue weighted by atomic mass is 16.5. The zero-order valence-electron chi connectivity index (χ0n) is 12.2. The van der Waals surface area contributed by atoms with Crippen molar-refractivity contribution >= 4 is 17.5 Å². The molecule has 1 saturated heterocycles. The molecule has 7 nitrogen and oxygen atoms in total. The average molecular weight is 293 g/mol. The third-order valence-corrected chi connectivity index (χ3v) is 3.37. The number of pyridine rings is 1. The van der Waals surface area contributed by atoms with Gasteiger partial charge in [-0.05, 0) is 12.1 Å². The molecule has 0 bridgehead atoms. The molecular weight excluding hydrogens is 274 g/mol. The van der Waals surface area contributed by atoms with Gasteiger partial charge in [0.05, 0.1) is 19.6 Å².